The predicted octanol–water partition coefficient (Wildman–Crippen LogP) is 6.77. The summed E-state index contributed by atoms with van der Waals surface area (Å²) in [5.74, 6) is 0.144. The number of ether oxygens (including phenoxy) is 2. The Kier molecular flexibility index (Phi) is 8.17. The summed E-state index contributed by atoms with van der Waals surface area (Å²) < 4.78 is 15.9. The molecule has 0 bridgehead atoms. The van der Waals surface area contributed by atoms with Gasteiger partial charge in [-0.25, -0.2) is 9.48 Å². The zero-order valence-electron chi connectivity index (χ0n) is 21.9. The van der Waals surface area contributed by atoms with E-state index in [1.54, 1.807) is 12.1 Å². The highest BCUT2D eigenvalue weighted by molar-refractivity contribution is 9.10. The van der Waals surface area contributed by atoms with Crippen molar-refractivity contribution in [1.82, 2.24) is 14.3 Å². The molecular weight excluding hydrogens is 534 g/mol. The zero-order chi connectivity index (χ0) is 26.7. The van der Waals surface area contributed by atoms with Gasteiger partial charge in [0.25, 0.3) is 5.91 Å². The van der Waals surface area contributed by atoms with Crippen LogP contribution < -0.4 is 4.74 Å². The van der Waals surface area contributed by atoms with Gasteiger partial charge in [-0.2, -0.15) is 5.10 Å². The number of hydrogen-bond donors (Lipinski definition) is 0. The molecule has 2 aromatic carbocycles. The molecule has 0 amide bonds. The molecule has 0 saturated heterocycles. The van der Waals surface area contributed by atoms with Gasteiger partial charge in [-0.15, -0.1) is 0 Å². The van der Waals surface area contributed by atoms with Crippen LogP contribution >= 0.6 is 15.9 Å². The molecule has 0 aliphatic heterocycles. The first-order valence-corrected chi connectivity index (χ1v) is 13.3. The van der Waals surface area contributed by atoms with E-state index in [1.807, 2.05) is 58.0 Å². The summed E-state index contributed by atoms with van der Waals surface area (Å²) in [6.07, 6.45) is 2.07. The number of unbranched alkanes of at least 4 members (excludes halogenated alkanes) is 1. The van der Waals surface area contributed by atoms with E-state index >= 15 is 0 Å². The van der Waals surface area contributed by atoms with E-state index in [1.165, 1.54) is 4.68 Å². The maximum absolute atomic E-state index is 12.8. The third-order valence-corrected chi connectivity index (χ3v) is 7.01. The molecule has 4 rings (SSSR count). The number of carbonyl (C=O) groups is 2. The second kappa shape index (κ2) is 11.3. The topological polar surface area (TPSA) is 75.3 Å². The lowest BCUT2D eigenvalue weighted by Gasteiger charge is -2.11. The zero-order valence-corrected chi connectivity index (χ0v) is 23.5. The lowest BCUT2D eigenvalue weighted by atomic mass is 10.1. The second-order valence-electron chi connectivity index (χ2n) is 9.12. The highest BCUT2D eigenvalue weighted by Gasteiger charge is 2.23. The minimum atomic E-state index is -0.323. The van der Waals surface area contributed by atoms with Crippen LogP contribution in [0.15, 0.2) is 46.9 Å². The molecule has 8 heteroatoms. The SMILES string of the molecule is CCCCn1c(C)c(C(=O)OCC)c2cc(OCc3ccc(C(=O)n4nc(C)cc4C)cc3)c(Br)cc21. The summed E-state index contributed by atoms with van der Waals surface area (Å²) in [7, 11) is 0. The molecule has 2 heterocycles. The van der Waals surface area contributed by atoms with Gasteiger partial charge in [0.05, 0.1) is 27.9 Å². The Labute approximate surface area is 225 Å². The molecule has 0 atom stereocenters. The van der Waals surface area contributed by atoms with E-state index < -0.39 is 0 Å². The van der Waals surface area contributed by atoms with Gasteiger partial charge in [-0.3, -0.25) is 4.79 Å². The van der Waals surface area contributed by atoms with E-state index in [0.29, 0.717) is 30.1 Å². The van der Waals surface area contributed by atoms with Crippen LogP contribution in [0.5, 0.6) is 5.75 Å². The van der Waals surface area contributed by atoms with Crippen molar-refractivity contribution in [3.05, 3.63) is 80.7 Å². The first-order valence-electron chi connectivity index (χ1n) is 12.5. The Bertz CT molecular complexity index is 1450. The summed E-state index contributed by atoms with van der Waals surface area (Å²) in [5.41, 5.74) is 5.53. The summed E-state index contributed by atoms with van der Waals surface area (Å²) in [5, 5.41) is 5.09. The van der Waals surface area contributed by atoms with Gasteiger partial charge >= 0.3 is 5.97 Å². The Morgan fingerprint density at radius 1 is 1.03 bits per heavy atom. The fraction of sp³-hybridized carbons (Fsp3) is 0.345. The van der Waals surface area contributed by atoms with Crippen LogP contribution in [0.25, 0.3) is 10.9 Å². The minimum absolute atomic E-state index is 0.166. The molecule has 37 heavy (non-hydrogen) atoms. The fourth-order valence-corrected chi connectivity index (χ4v) is 4.96. The average Bonchev–Trinajstić information content (AvgIpc) is 3.35. The highest BCUT2D eigenvalue weighted by atomic mass is 79.9. The first kappa shape index (κ1) is 26.7. The van der Waals surface area contributed by atoms with Crippen molar-refractivity contribution in [2.45, 2.75) is 60.6 Å². The number of nitrogens with zero attached hydrogens (tertiary/aromatic N) is 3. The smallest absolute Gasteiger partial charge is 0.340 e. The molecule has 0 radical (unpaired) electrons. The van der Waals surface area contributed by atoms with Crippen LogP contribution in [0, 0.1) is 20.8 Å². The van der Waals surface area contributed by atoms with Gasteiger partial charge in [-0.05, 0) is 85.9 Å². The lowest BCUT2D eigenvalue weighted by molar-refractivity contribution is 0.0527. The number of halogens is 1. The lowest BCUT2D eigenvalue weighted by Crippen LogP contribution is -2.15. The van der Waals surface area contributed by atoms with E-state index in [9.17, 15) is 9.59 Å². The van der Waals surface area contributed by atoms with Crippen LogP contribution in [0.1, 0.15) is 70.1 Å². The van der Waals surface area contributed by atoms with Crippen LogP contribution in [0.3, 0.4) is 0 Å². The Hall–Kier alpha value is -3.39. The average molecular weight is 566 g/mol. The van der Waals surface area contributed by atoms with Gasteiger partial charge in [0.1, 0.15) is 12.4 Å². The predicted molar refractivity (Wildman–Crippen MR) is 147 cm³/mol. The normalized spacial score (nSPS) is 11.2. The van der Waals surface area contributed by atoms with E-state index in [4.69, 9.17) is 9.47 Å². The number of carbonyl (C=O) groups excluding carboxylic acids is 2. The maximum atomic E-state index is 12.8. The molecule has 4 aromatic rings. The van der Waals surface area contributed by atoms with Crippen molar-refractivity contribution >= 4 is 38.7 Å². The molecule has 0 spiro atoms. The number of aromatic nitrogens is 3. The molecule has 0 aliphatic rings. The standard InChI is InChI=1S/C29H32BrN3O4/c1-6-8-13-32-20(5)27(29(35)36-7-2)23-15-26(24(30)16-25(23)32)37-17-21-9-11-22(12-10-21)28(34)33-19(4)14-18(3)31-33/h9-12,14-16H,6-8,13,17H2,1-5H3. The van der Waals surface area contributed by atoms with E-state index in [-0.39, 0.29) is 11.9 Å². The molecule has 0 saturated carbocycles. The molecule has 194 valence electrons. The number of fused-ring (bicyclic) bond motifs is 1. The maximum Gasteiger partial charge on any atom is 0.340 e. The van der Waals surface area contributed by atoms with E-state index in [0.717, 1.165) is 57.4 Å². The largest absolute Gasteiger partial charge is 0.488 e. The summed E-state index contributed by atoms with van der Waals surface area (Å²) in [6.45, 7) is 11.1. The monoisotopic (exact) mass is 565 g/mol. The minimum Gasteiger partial charge on any atom is -0.488 e. The third-order valence-electron chi connectivity index (χ3n) is 6.39. The van der Waals surface area contributed by atoms with Crippen molar-refractivity contribution < 1.29 is 19.1 Å². The summed E-state index contributed by atoms with van der Waals surface area (Å²) in [4.78, 5) is 25.6. The van der Waals surface area contributed by atoms with Crippen molar-refractivity contribution in [2.75, 3.05) is 6.61 Å². The molecule has 0 aliphatic carbocycles. The van der Waals surface area contributed by atoms with Crippen LogP contribution in [-0.4, -0.2) is 32.8 Å². The number of aryl methyl sites for hydroxylation is 3. The van der Waals surface area contributed by atoms with Gasteiger partial charge < -0.3 is 14.0 Å². The highest BCUT2D eigenvalue weighted by Crippen LogP contribution is 2.36. The third kappa shape index (κ3) is 5.49. The van der Waals surface area contributed by atoms with Crippen molar-refractivity contribution in [2.24, 2.45) is 0 Å². The molecule has 2 aromatic heterocycles. The Morgan fingerprint density at radius 2 is 1.76 bits per heavy atom. The van der Waals surface area contributed by atoms with Crippen LogP contribution in [0.2, 0.25) is 0 Å². The Balaban J connectivity index is 1.58. The molecule has 7 nitrogen and oxygen atoms in total. The van der Waals surface area contributed by atoms with Crippen LogP contribution in [0.4, 0.5) is 0 Å². The van der Waals surface area contributed by atoms with Gasteiger partial charge in [0.15, 0.2) is 0 Å². The Morgan fingerprint density at radius 3 is 2.38 bits per heavy atom. The molecule has 0 fully saturated rings. The fourth-order valence-electron chi connectivity index (χ4n) is 4.51. The van der Waals surface area contributed by atoms with Gasteiger partial charge in [-0.1, -0.05) is 25.5 Å². The summed E-state index contributed by atoms with van der Waals surface area (Å²) in [6, 6.07) is 13.1. The van der Waals surface area contributed by atoms with Crippen LogP contribution in [-0.2, 0) is 17.9 Å². The van der Waals surface area contributed by atoms with Crippen molar-refractivity contribution in [3.63, 3.8) is 0 Å². The molecule has 0 N–H and O–H groups in total. The number of hydrogen-bond acceptors (Lipinski definition) is 5. The van der Waals surface area contributed by atoms with Crippen molar-refractivity contribution in [3.8, 4) is 5.75 Å². The van der Waals surface area contributed by atoms with Gasteiger partial charge in [0, 0.05) is 28.9 Å². The van der Waals surface area contributed by atoms with Crippen molar-refractivity contribution in [1.29, 1.82) is 0 Å². The van der Waals surface area contributed by atoms with Gasteiger partial charge in [0.2, 0.25) is 0 Å². The first-order chi connectivity index (χ1) is 17.7. The number of rotatable bonds is 9. The number of benzene rings is 2. The second-order valence-corrected chi connectivity index (χ2v) is 9.97. The van der Waals surface area contributed by atoms with E-state index in [2.05, 4.69) is 32.5 Å². The number of esters is 1. The molecule has 0 unspecified atom stereocenters. The summed E-state index contributed by atoms with van der Waals surface area (Å²) >= 11 is 3.65. The molecular formula is C29H32BrN3O4. The quantitative estimate of drug-likeness (QED) is 0.209.